The Bertz CT molecular complexity index is 954. The van der Waals surface area contributed by atoms with Crippen LogP contribution in [0.1, 0.15) is 22.3 Å². The van der Waals surface area contributed by atoms with Crippen molar-refractivity contribution < 1.29 is 18.0 Å². The number of benzene rings is 2. The molecule has 0 radical (unpaired) electrons. The van der Waals surface area contributed by atoms with Gasteiger partial charge < -0.3 is 16.0 Å². The summed E-state index contributed by atoms with van der Waals surface area (Å²) < 4.78 is 38.9. The minimum Gasteiger partial charge on any atom is -0.395 e. The summed E-state index contributed by atoms with van der Waals surface area (Å²) >= 11 is 6.09. The number of hydrogen-bond donors (Lipinski definition) is 2. The number of nitrogens with two attached hydrogens (primary N) is 1. The van der Waals surface area contributed by atoms with Crippen molar-refractivity contribution >= 4 is 28.9 Å². The molecule has 31 heavy (non-hydrogen) atoms. The van der Waals surface area contributed by atoms with E-state index in [9.17, 15) is 18.0 Å². The Kier molecular flexibility index (Phi) is 8.65. The van der Waals surface area contributed by atoms with Crippen molar-refractivity contribution in [2.24, 2.45) is 10.7 Å². The summed E-state index contributed by atoms with van der Waals surface area (Å²) in [6.07, 6.45) is -3.15. The number of carbonyl (C=O) groups excluding carboxylic acids is 1. The van der Waals surface area contributed by atoms with Gasteiger partial charge >= 0.3 is 6.18 Å². The molecule has 2 aromatic rings. The Balaban J connectivity index is 2.29. The van der Waals surface area contributed by atoms with Crippen LogP contribution in [0.4, 0.5) is 18.9 Å². The van der Waals surface area contributed by atoms with Crippen LogP contribution in [-0.4, -0.2) is 49.9 Å². The van der Waals surface area contributed by atoms with Gasteiger partial charge in [-0.05, 0) is 57.4 Å². The van der Waals surface area contributed by atoms with Gasteiger partial charge in [-0.25, -0.2) is 4.99 Å². The van der Waals surface area contributed by atoms with E-state index in [2.05, 4.69) is 10.3 Å². The fourth-order valence-electron chi connectivity index (χ4n) is 2.57. The second-order valence-electron chi connectivity index (χ2n) is 7.04. The maximum absolute atomic E-state index is 13.0. The summed E-state index contributed by atoms with van der Waals surface area (Å²) in [5.74, 6) is -0.264. The normalized spacial score (nSPS) is 12.9. The molecule has 0 unspecified atom stereocenters. The summed E-state index contributed by atoms with van der Waals surface area (Å²) in [6, 6.07) is 12.6. The van der Waals surface area contributed by atoms with E-state index < -0.39 is 11.9 Å². The molecule has 2 rings (SSSR count). The fraction of sp³-hybridized carbons (Fsp3) is 0.273. The van der Waals surface area contributed by atoms with Crippen molar-refractivity contribution in [2.45, 2.75) is 12.6 Å². The lowest BCUT2D eigenvalue weighted by Crippen LogP contribution is -2.27. The highest BCUT2D eigenvalue weighted by Crippen LogP contribution is 2.27. The number of alkyl halides is 3. The maximum atomic E-state index is 13.0. The van der Waals surface area contributed by atoms with Crippen LogP contribution >= 0.6 is 11.6 Å². The molecule has 0 spiro atoms. The minimum absolute atomic E-state index is 0.0270. The van der Waals surface area contributed by atoms with Gasteiger partial charge in [0.2, 0.25) is 0 Å². The van der Waals surface area contributed by atoms with Crippen molar-refractivity contribution in [2.75, 3.05) is 27.2 Å². The highest BCUT2D eigenvalue weighted by atomic mass is 35.5. The topological polar surface area (TPSA) is 70.7 Å². The number of nitrogens with zero attached hydrogens (tertiary/aromatic N) is 2. The number of para-hydroxylation sites is 1. The summed E-state index contributed by atoms with van der Waals surface area (Å²) in [6.45, 7) is 1.36. The Morgan fingerprint density at radius 2 is 1.74 bits per heavy atom. The van der Waals surface area contributed by atoms with Crippen molar-refractivity contribution in [1.29, 1.82) is 0 Å². The van der Waals surface area contributed by atoms with Crippen LogP contribution in [0.5, 0.6) is 0 Å². The van der Waals surface area contributed by atoms with Crippen LogP contribution in [0.2, 0.25) is 5.02 Å². The molecule has 0 saturated heterocycles. The van der Waals surface area contributed by atoms with E-state index in [0.717, 1.165) is 19.0 Å². The van der Waals surface area contributed by atoms with Crippen molar-refractivity contribution in [3.63, 3.8) is 0 Å². The fourth-order valence-corrected chi connectivity index (χ4v) is 2.75. The first-order chi connectivity index (χ1) is 14.6. The van der Waals surface area contributed by atoms with E-state index in [-0.39, 0.29) is 16.6 Å². The third-order valence-corrected chi connectivity index (χ3v) is 4.54. The number of allylic oxidation sites excluding steroid dienone is 2. The van der Waals surface area contributed by atoms with E-state index in [0.29, 0.717) is 23.4 Å². The molecular formula is C22H24ClF3N4O. The van der Waals surface area contributed by atoms with Gasteiger partial charge in [-0.3, -0.25) is 4.79 Å². The monoisotopic (exact) mass is 452 g/mol. The van der Waals surface area contributed by atoms with Gasteiger partial charge in [0.05, 0.1) is 16.4 Å². The van der Waals surface area contributed by atoms with E-state index in [1.807, 2.05) is 19.0 Å². The average Bonchev–Trinajstić information content (AvgIpc) is 2.71. The van der Waals surface area contributed by atoms with Gasteiger partial charge in [0, 0.05) is 17.7 Å². The summed E-state index contributed by atoms with van der Waals surface area (Å²) in [5.41, 5.74) is 4.93. The third kappa shape index (κ3) is 7.73. The zero-order chi connectivity index (χ0) is 23.0. The molecular weight excluding hydrogens is 429 g/mol. The van der Waals surface area contributed by atoms with Gasteiger partial charge in [0.25, 0.3) is 5.91 Å². The molecule has 0 aliphatic rings. The lowest BCUT2D eigenvalue weighted by Gasteiger charge is -2.11. The Morgan fingerprint density at radius 3 is 2.32 bits per heavy atom. The quantitative estimate of drug-likeness (QED) is 0.456. The molecule has 5 nitrogen and oxygen atoms in total. The molecule has 0 fully saturated rings. The van der Waals surface area contributed by atoms with Gasteiger partial charge in [0.1, 0.15) is 5.70 Å². The SMILES string of the molecule is CN(C)CCCNC(=O)c1ccc(C(C=C(N)C(F)(F)F)=Nc2ccccc2Cl)cc1. The number of rotatable bonds is 8. The number of amides is 1. The molecule has 3 N–H and O–H groups in total. The first-order valence-electron chi connectivity index (χ1n) is 9.49. The predicted molar refractivity (Wildman–Crippen MR) is 118 cm³/mol. The summed E-state index contributed by atoms with van der Waals surface area (Å²) in [5, 5.41) is 3.09. The largest absolute Gasteiger partial charge is 0.430 e. The van der Waals surface area contributed by atoms with Gasteiger partial charge in [-0.2, -0.15) is 13.2 Å². The zero-order valence-corrected chi connectivity index (χ0v) is 18.0. The number of nitrogens with one attached hydrogen (secondary N) is 1. The third-order valence-electron chi connectivity index (χ3n) is 4.22. The van der Waals surface area contributed by atoms with Crippen LogP contribution in [0.25, 0.3) is 0 Å². The number of halogens is 4. The van der Waals surface area contributed by atoms with Crippen molar-refractivity contribution in [3.8, 4) is 0 Å². The van der Waals surface area contributed by atoms with E-state index in [1.54, 1.807) is 24.3 Å². The molecule has 0 aliphatic carbocycles. The molecule has 0 saturated carbocycles. The van der Waals surface area contributed by atoms with E-state index >= 15 is 0 Å². The van der Waals surface area contributed by atoms with E-state index in [1.165, 1.54) is 24.3 Å². The van der Waals surface area contributed by atoms with Crippen LogP contribution in [-0.2, 0) is 0 Å². The molecule has 0 atom stereocenters. The molecule has 2 aromatic carbocycles. The first kappa shape index (κ1) is 24.4. The molecule has 166 valence electrons. The van der Waals surface area contributed by atoms with Crippen LogP contribution in [0.3, 0.4) is 0 Å². The average molecular weight is 453 g/mol. The summed E-state index contributed by atoms with van der Waals surface area (Å²) in [4.78, 5) is 18.5. The lowest BCUT2D eigenvalue weighted by molar-refractivity contribution is -0.0925. The van der Waals surface area contributed by atoms with Crippen molar-refractivity contribution in [3.05, 3.63) is 76.5 Å². The standard InChI is InChI=1S/C22H24ClF3N4O/c1-30(2)13-5-12-28-21(31)16-10-8-15(9-11-16)19(14-20(27)22(24,25)26)29-18-7-4-3-6-17(18)23/h3-4,6-11,14H,5,12-13,27H2,1-2H3,(H,28,31). The Morgan fingerprint density at radius 1 is 1.13 bits per heavy atom. The van der Waals surface area contributed by atoms with Gasteiger partial charge in [-0.1, -0.05) is 35.9 Å². The Hall–Kier alpha value is -2.84. The van der Waals surface area contributed by atoms with Gasteiger partial charge in [-0.15, -0.1) is 0 Å². The zero-order valence-electron chi connectivity index (χ0n) is 17.2. The Labute approximate surface area is 184 Å². The lowest BCUT2D eigenvalue weighted by atomic mass is 10.1. The molecule has 0 bridgehead atoms. The summed E-state index contributed by atoms with van der Waals surface area (Å²) in [7, 11) is 3.89. The smallest absolute Gasteiger partial charge is 0.395 e. The number of hydrogen-bond acceptors (Lipinski definition) is 4. The molecule has 0 heterocycles. The molecule has 1 amide bonds. The predicted octanol–water partition coefficient (Wildman–Crippen LogP) is 4.55. The second-order valence-corrected chi connectivity index (χ2v) is 7.44. The van der Waals surface area contributed by atoms with Crippen LogP contribution in [0, 0.1) is 0 Å². The highest BCUT2D eigenvalue weighted by Gasteiger charge is 2.31. The minimum atomic E-state index is -4.70. The maximum Gasteiger partial charge on any atom is 0.430 e. The van der Waals surface area contributed by atoms with Crippen LogP contribution in [0.15, 0.2) is 65.3 Å². The van der Waals surface area contributed by atoms with Gasteiger partial charge in [0.15, 0.2) is 0 Å². The van der Waals surface area contributed by atoms with E-state index in [4.69, 9.17) is 17.3 Å². The van der Waals surface area contributed by atoms with Crippen LogP contribution < -0.4 is 11.1 Å². The second kappa shape index (κ2) is 11.0. The highest BCUT2D eigenvalue weighted by molar-refractivity contribution is 6.33. The molecule has 0 aromatic heterocycles. The van der Waals surface area contributed by atoms with Crippen molar-refractivity contribution in [1.82, 2.24) is 10.2 Å². The number of carbonyl (C=O) groups is 1. The molecule has 9 heteroatoms. The first-order valence-corrected chi connectivity index (χ1v) is 9.86. The number of aliphatic imine (C=N–C) groups is 1. The molecule has 0 aliphatic heterocycles.